The van der Waals surface area contributed by atoms with Gasteiger partial charge in [-0.25, -0.2) is 4.79 Å². The van der Waals surface area contributed by atoms with Crippen molar-refractivity contribution in [1.82, 2.24) is 0 Å². The number of ether oxygens (including phenoxy) is 2. The van der Waals surface area contributed by atoms with Crippen molar-refractivity contribution < 1.29 is 19.1 Å². The van der Waals surface area contributed by atoms with Gasteiger partial charge in [0.15, 0.2) is 0 Å². The molecule has 0 saturated carbocycles. The molecule has 104 valence electrons. The lowest BCUT2D eigenvalue weighted by Gasteiger charge is -2.15. The zero-order chi connectivity index (χ0) is 14.6. The first-order valence-electron chi connectivity index (χ1n) is 6.01. The Hall–Kier alpha value is -1.36. The van der Waals surface area contributed by atoms with Crippen molar-refractivity contribution in [3.8, 4) is 5.75 Å². The third-order valence-corrected chi connectivity index (χ3v) is 3.07. The number of carbonyl (C=O) groups excluding carboxylic acids is 2. The molecule has 0 aliphatic rings. The van der Waals surface area contributed by atoms with E-state index in [-0.39, 0.29) is 18.1 Å². The first kappa shape index (κ1) is 15.7. The molecule has 0 aliphatic heterocycles. The van der Waals surface area contributed by atoms with E-state index in [2.05, 4.69) is 15.9 Å². The Bertz CT molecular complexity index is 494. The van der Waals surface area contributed by atoms with Gasteiger partial charge in [0.2, 0.25) is 0 Å². The first-order valence-corrected chi connectivity index (χ1v) is 6.80. The monoisotopic (exact) mass is 328 g/mol. The molecule has 0 atom stereocenters. The van der Waals surface area contributed by atoms with E-state index in [4.69, 9.17) is 9.47 Å². The van der Waals surface area contributed by atoms with Crippen molar-refractivity contribution >= 4 is 27.7 Å². The minimum atomic E-state index is -0.867. The van der Waals surface area contributed by atoms with E-state index in [1.54, 1.807) is 13.0 Å². The number of benzene rings is 1. The lowest BCUT2D eigenvalue weighted by molar-refractivity contribution is -0.137. The normalized spacial score (nSPS) is 10.4. The maximum atomic E-state index is 12.1. The maximum Gasteiger partial charge on any atom is 0.379 e. The summed E-state index contributed by atoms with van der Waals surface area (Å²) in [6, 6.07) is 3.45. The molecule has 0 fully saturated rings. The van der Waals surface area contributed by atoms with Crippen LogP contribution in [0.1, 0.15) is 42.6 Å². The van der Waals surface area contributed by atoms with Gasteiger partial charge in [-0.15, -0.1) is 0 Å². The molecule has 5 heteroatoms. The summed E-state index contributed by atoms with van der Waals surface area (Å²) in [6.45, 7) is 5.80. The number of esters is 1. The van der Waals surface area contributed by atoms with Gasteiger partial charge in [0.05, 0.1) is 19.3 Å². The molecule has 0 spiro atoms. The van der Waals surface area contributed by atoms with Gasteiger partial charge in [-0.3, -0.25) is 4.79 Å². The number of carbonyl (C=O) groups is 2. The van der Waals surface area contributed by atoms with Gasteiger partial charge in [-0.1, -0.05) is 29.8 Å². The highest BCUT2D eigenvalue weighted by Gasteiger charge is 2.25. The van der Waals surface area contributed by atoms with Crippen molar-refractivity contribution in [2.45, 2.75) is 26.7 Å². The molecular formula is C14H17BrO4. The zero-order valence-electron chi connectivity index (χ0n) is 11.5. The Morgan fingerprint density at radius 3 is 2.42 bits per heavy atom. The summed E-state index contributed by atoms with van der Waals surface area (Å²) in [5.74, 6) is -0.965. The standard InChI is InChI=1S/C14H17BrO4/c1-5-19-14(17)12(16)11-7-9(15)6-10(8(2)3)13(11)18-4/h6-8H,5H2,1-4H3. The summed E-state index contributed by atoms with van der Waals surface area (Å²) in [5, 5.41) is 0. The molecule has 1 rings (SSSR count). The molecular weight excluding hydrogens is 312 g/mol. The highest BCUT2D eigenvalue weighted by molar-refractivity contribution is 9.10. The van der Waals surface area contributed by atoms with Gasteiger partial charge >= 0.3 is 5.97 Å². The Kier molecular flexibility index (Phi) is 5.54. The molecule has 0 aromatic heterocycles. The highest BCUT2D eigenvalue weighted by Crippen LogP contribution is 2.33. The van der Waals surface area contributed by atoms with E-state index in [9.17, 15) is 9.59 Å². The fraction of sp³-hybridized carbons (Fsp3) is 0.429. The third kappa shape index (κ3) is 3.56. The largest absolute Gasteiger partial charge is 0.496 e. The molecule has 4 nitrogen and oxygen atoms in total. The Labute approximate surface area is 121 Å². The van der Waals surface area contributed by atoms with Gasteiger partial charge in [0.1, 0.15) is 5.75 Å². The smallest absolute Gasteiger partial charge is 0.379 e. The zero-order valence-corrected chi connectivity index (χ0v) is 13.0. The molecule has 1 aromatic rings. The summed E-state index contributed by atoms with van der Waals surface area (Å²) in [6.07, 6.45) is 0. The molecule has 0 unspecified atom stereocenters. The van der Waals surface area contributed by atoms with Crippen LogP contribution in [-0.2, 0) is 9.53 Å². The minimum Gasteiger partial charge on any atom is -0.496 e. The van der Waals surface area contributed by atoms with Crippen LogP contribution in [0.2, 0.25) is 0 Å². The van der Waals surface area contributed by atoms with Crippen molar-refractivity contribution in [2.24, 2.45) is 0 Å². The molecule has 0 radical (unpaired) electrons. The van der Waals surface area contributed by atoms with Crippen LogP contribution in [0.15, 0.2) is 16.6 Å². The van der Waals surface area contributed by atoms with Gasteiger partial charge in [0.25, 0.3) is 5.78 Å². The number of hydrogen-bond acceptors (Lipinski definition) is 4. The molecule has 0 amide bonds. The summed E-state index contributed by atoms with van der Waals surface area (Å²) >= 11 is 3.34. The summed E-state index contributed by atoms with van der Waals surface area (Å²) in [4.78, 5) is 23.6. The van der Waals surface area contributed by atoms with Gasteiger partial charge in [0, 0.05) is 4.47 Å². The number of methoxy groups -OCH3 is 1. The van der Waals surface area contributed by atoms with Gasteiger partial charge < -0.3 is 9.47 Å². The second-order valence-corrected chi connectivity index (χ2v) is 5.20. The van der Waals surface area contributed by atoms with Crippen LogP contribution in [0, 0.1) is 0 Å². The predicted octanol–water partition coefficient (Wildman–Crippen LogP) is 3.33. The van der Waals surface area contributed by atoms with Crippen LogP contribution in [0.5, 0.6) is 5.75 Å². The Balaban J connectivity index is 3.34. The van der Waals surface area contributed by atoms with Crippen molar-refractivity contribution in [2.75, 3.05) is 13.7 Å². The molecule has 19 heavy (non-hydrogen) atoms. The Morgan fingerprint density at radius 2 is 1.95 bits per heavy atom. The van der Waals surface area contributed by atoms with Crippen LogP contribution in [0.25, 0.3) is 0 Å². The van der Waals surface area contributed by atoms with Gasteiger partial charge in [-0.2, -0.15) is 0 Å². The molecule has 0 bridgehead atoms. The molecule has 0 aliphatic carbocycles. The minimum absolute atomic E-state index is 0.165. The van der Waals surface area contributed by atoms with Crippen LogP contribution in [0.3, 0.4) is 0 Å². The molecule has 1 aromatic carbocycles. The average Bonchev–Trinajstić information content (AvgIpc) is 2.36. The SMILES string of the molecule is CCOC(=O)C(=O)c1cc(Br)cc(C(C)C)c1OC. The highest BCUT2D eigenvalue weighted by atomic mass is 79.9. The number of rotatable bonds is 5. The third-order valence-electron chi connectivity index (χ3n) is 2.61. The van der Waals surface area contributed by atoms with Crippen LogP contribution in [0.4, 0.5) is 0 Å². The first-order chi connectivity index (χ1) is 8.92. The number of Topliss-reactive ketones (excluding diaryl/α,β-unsaturated/α-hetero) is 1. The van der Waals surface area contributed by atoms with E-state index in [1.165, 1.54) is 7.11 Å². The van der Waals surface area contributed by atoms with E-state index < -0.39 is 11.8 Å². The summed E-state index contributed by atoms with van der Waals surface area (Å²) < 4.78 is 10.8. The van der Waals surface area contributed by atoms with Crippen molar-refractivity contribution in [3.63, 3.8) is 0 Å². The van der Waals surface area contributed by atoms with E-state index >= 15 is 0 Å². The quantitative estimate of drug-likeness (QED) is 0.472. The lowest BCUT2D eigenvalue weighted by Crippen LogP contribution is -2.19. The number of halogens is 1. The Morgan fingerprint density at radius 1 is 1.32 bits per heavy atom. The lowest BCUT2D eigenvalue weighted by atomic mass is 9.97. The van der Waals surface area contributed by atoms with Gasteiger partial charge in [-0.05, 0) is 30.5 Å². The van der Waals surface area contributed by atoms with E-state index in [0.717, 1.165) is 10.0 Å². The predicted molar refractivity (Wildman–Crippen MR) is 75.7 cm³/mol. The second-order valence-electron chi connectivity index (χ2n) is 4.28. The van der Waals surface area contributed by atoms with Crippen molar-refractivity contribution in [1.29, 1.82) is 0 Å². The van der Waals surface area contributed by atoms with Crippen LogP contribution < -0.4 is 4.74 Å². The summed E-state index contributed by atoms with van der Waals surface area (Å²) in [7, 11) is 1.48. The molecule has 0 N–H and O–H groups in total. The number of ketones is 1. The van der Waals surface area contributed by atoms with Crippen LogP contribution >= 0.6 is 15.9 Å². The average molecular weight is 329 g/mol. The topological polar surface area (TPSA) is 52.6 Å². The summed E-state index contributed by atoms with van der Waals surface area (Å²) in [5.41, 5.74) is 1.09. The number of hydrogen-bond donors (Lipinski definition) is 0. The van der Waals surface area contributed by atoms with Crippen LogP contribution in [-0.4, -0.2) is 25.5 Å². The second kappa shape index (κ2) is 6.70. The molecule has 0 saturated heterocycles. The van der Waals surface area contributed by atoms with E-state index in [1.807, 2.05) is 19.9 Å². The maximum absolute atomic E-state index is 12.1. The van der Waals surface area contributed by atoms with E-state index in [0.29, 0.717) is 5.75 Å². The fourth-order valence-corrected chi connectivity index (χ4v) is 2.22. The van der Waals surface area contributed by atoms with Crippen molar-refractivity contribution in [3.05, 3.63) is 27.7 Å². The molecule has 0 heterocycles. The fourth-order valence-electron chi connectivity index (χ4n) is 1.75.